The summed E-state index contributed by atoms with van der Waals surface area (Å²) in [6.07, 6.45) is -5.71. The molecule has 7 aromatic carbocycles. The van der Waals surface area contributed by atoms with Gasteiger partial charge in [0.15, 0.2) is 0 Å². The van der Waals surface area contributed by atoms with Crippen molar-refractivity contribution in [3.8, 4) is 50.8 Å². The first kappa shape index (κ1) is 38.6. The molecule has 0 aliphatic carbocycles. The minimum atomic E-state index is -4.54. The lowest BCUT2D eigenvalue weighted by molar-refractivity contribution is -0.138. The first-order chi connectivity index (χ1) is 29.8. The molecular formula is C52H32F6N4. The van der Waals surface area contributed by atoms with Gasteiger partial charge >= 0.3 is 12.4 Å². The number of para-hydroxylation sites is 2. The summed E-state index contributed by atoms with van der Waals surface area (Å²) >= 11 is 0. The molecule has 0 saturated heterocycles. The SMILES string of the molecule is Cc1cc(-c2ccc3c4ccccc4n(-c4cc(-c5ccncc5)cc(-n5c6ccccc6c6ccc(-c7cc(C)cc(C(F)(F)F)c7)cc65)c4C#N)c3c2)cc(C(F)(F)F)c1. The van der Waals surface area contributed by atoms with Crippen LogP contribution < -0.4 is 0 Å². The van der Waals surface area contributed by atoms with Crippen LogP contribution in [0.25, 0.3) is 88.4 Å². The molecule has 0 aliphatic heterocycles. The average Bonchev–Trinajstić information content (AvgIpc) is 3.77. The number of aryl methyl sites for hydroxylation is 2. The number of halogens is 6. The minimum Gasteiger partial charge on any atom is -0.308 e. The molecule has 0 unspecified atom stereocenters. The summed E-state index contributed by atoms with van der Waals surface area (Å²) < 4.78 is 88.3. The smallest absolute Gasteiger partial charge is 0.308 e. The fourth-order valence-electron chi connectivity index (χ4n) is 8.84. The second-order valence-electron chi connectivity index (χ2n) is 15.6. The van der Waals surface area contributed by atoms with E-state index < -0.39 is 23.5 Å². The maximum absolute atomic E-state index is 14.1. The minimum absolute atomic E-state index is 0.300. The number of alkyl halides is 6. The third-order valence-corrected chi connectivity index (χ3v) is 11.5. The summed E-state index contributed by atoms with van der Waals surface area (Å²) in [5.41, 5.74) is 7.21. The molecule has 0 fully saturated rings. The Balaban J connectivity index is 1.30. The Labute approximate surface area is 351 Å². The van der Waals surface area contributed by atoms with Gasteiger partial charge in [0.05, 0.1) is 44.6 Å². The van der Waals surface area contributed by atoms with Crippen molar-refractivity contribution in [1.82, 2.24) is 14.1 Å². The van der Waals surface area contributed by atoms with Crippen molar-refractivity contribution in [3.05, 3.63) is 186 Å². The largest absolute Gasteiger partial charge is 0.416 e. The van der Waals surface area contributed by atoms with E-state index in [1.165, 1.54) is 0 Å². The van der Waals surface area contributed by atoms with Gasteiger partial charge in [-0.15, -0.1) is 0 Å². The first-order valence-corrected chi connectivity index (χ1v) is 19.7. The van der Waals surface area contributed by atoms with E-state index in [2.05, 4.69) is 11.1 Å². The molecule has 0 aliphatic rings. The molecule has 0 spiro atoms. The maximum atomic E-state index is 14.1. The van der Waals surface area contributed by atoms with E-state index in [4.69, 9.17) is 0 Å². The van der Waals surface area contributed by atoms with Gasteiger partial charge in [-0.05, 0) is 131 Å². The fourth-order valence-corrected chi connectivity index (χ4v) is 8.84. The zero-order valence-electron chi connectivity index (χ0n) is 33.1. The Morgan fingerprint density at radius 3 is 1.29 bits per heavy atom. The lowest BCUT2D eigenvalue weighted by Crippen LogP contribution is -2.06. The topological polar surface area (TPSA) is 46.5 Å². The van der Waals surface area contributed by atoms with E-state index in [0.29, 0.717) is 61.4 Å². The number of rotatable bonds is 5. The highest BCUT2D eigenvalue weighted by molar-refractivity contribution is 6.12. The molecule has 0 atom stereocenters. The first-order valence-electron chi connectivity index (χ1n) is 19.7. The number of nitriles is 1. The van der Waals surface area contributed by atoms with Gasteiger partial charge in [-0.1, -0.05) is 72.8 Å². The Bertz CT molecular complexity index is 3270. The average molecular weight is 827 g/mol. The predicted molar refractivity (Wildman–Crippen MR) is 233 cm³/mol. The number of nitrogens with zero attached hydrogens (tertiary/aromatic N) is 4. The molecule has 302 valence electrons. The standard InChI is InChI=1S/C52H32F6N4/c1-30-19-35(23-38(21-30)51(53,54)55)33-11-13-42-40-7-3-5-9-45(40)61(47(42)25-33)49-27-37(32-15-17-60-18-16-32)28-50(44(49)29-59)62-46-10-6-4-8-41(46)43-14-12-34(26-48(43)62)36-20-31(2)22-39(24-36)52(56,57)58/h3-28H,1-2H3. The van der Waals surface area contributed by atoms with Crippen LogP contribution in [0.4, 0.5) is 26.3 Å². The maximum Gasteiger partial charge on any atom is 0.416 e. The van der Waals surface area contributed by atoms with Crippen molar-refractivity contribution in [3.63, 3.8) is 0 Å². The number of aromatic nitrogens is 3. The van der Waals surface area contributed by atoms with Gasteiger partial charge in [0, 0.05) is 33.9 Å². The Hall–Kier alpha value is -7.64. The number of hydrogen-bond acceptors (Lipinski definition) is 2. The van der Waals surface area contributed by atoms with Crippen molar-refractivity contribution in [2.45, 2.75) is 26.2 Å². The van der Waals surface area contributed by atoms with Crippen molar-refractivity contribution in [2.75, 3.05) is 0 Å². The molecule has 3 heterocycles. The Morgan fingerprint density at radius 1 is 0.435 bits per heavy atom. The van der Waals surface area contributed by atoms with E-state index >= 15 is 0 Å². The number of benzene rings is 7. The van der Waals surface area contributed by atoms with Crippen molar-refractivity contribution in [1.29, 1.82) is 5.26 Å². The summed E-state index contributed by atoms with van der Waals surface area (Å²) in [5, 5.41) is 14.8. The molecule has 0 bridgehead atoms. The van der Waals surface area contributed by atoms with Gasteiger partial charge in [-0.25, -0.2) is 0 Å². The molecule has 62 heavy (non-hydrogen) atoms. The molecule has 0 saturated carbocycles. The summed E-state index contributed by atoms with van der Waals surface area (Å²) in [6, 6.07) is 44.8. The molecular weight excluding hydrogens is 795 g/mol. The summed E-state index contributed by atoms with van der Waals surface area (Å²) in [4.78, 5) is 4.24. The van der Waals surface area contributed by atoms with Crippen LogP contribution in [0.3, 0.4) is 0 Å². The van der Waals surface area contributed by atoms with Crippen LogP contribution in [0.1, 0.15) is 27.8 Å². The predicted octanol–water partition coefficient (Wildman–Crippen LogP) is 14.8. The van der Waals surface area contributed by atoms with E-state index in [1.807, 2.05) is 118 Å². The third-order valence-electron chi connectivity index (χ3n) is 11.5. The van der Waals surface area contributed by atoms with Crippen LogP contribution in [-0.4, -0.2) is 14.1 Å². The van der Waals surface area contributed by atoms with Crippen LogP contribution in [0.15, 0.2) is 158 Å². The van der Waals surface area contributed by atoms with E-state index in [9.17, 15) is 31.6 Å². The van der Waals surface area contributed by atoms with Crippen LogP contribution in [0.5, 0.6) is 0 Å². The molecule has 3 aromatic heterocycles. The molecule has 10 rings (SSSR count). The van der Waals surface area contributed by atoms with Gasteiger partial charge in [0.25, 0.3) is 0 Å². The van der Waals surface area contributed by atoms with Crippen molar-refractivity contribution >= 4 is 43.6 Å². The Kier molecular flexibility index (Phi) is 8.85. The lowest BCUT2D eigenvalue weighted by Gasteiger charge is -2.19. The number of fused-ring (bicyclic) bond motifs is 6. The van der Waals surface area contributed by atoms with Gasteiger partial charge in [0.2, 0.25) is 0 Å². The van der Waals surface area contributed by atoms with Crippen molar-refractivity contribution < 1.29 is 26.3 Å². The second kappa shape index (κ2) is 14.2. The normalized spacial score (nSPS) is 12.2. The van der Waals surface area contributed by atoms with Crippen LogP contribution in [0, 0.1) is 25.2 Å². The number of pyridine rings is 1. The molecule has 0 N–H and O–H groups in total. The highest BCUT2D eigenvalue weighted by Crippen LogP contribution is 2.43. The van der Waals surface area contributed by atoms with Gasteiger partial charge < -0.3 is 9.13 Å². The summed E-state index contributed by atoms with van der Waals surface area (Å²) in [5.74, 6) is 0. The fraction of sp³-hybridized carbons (Fsp3) is 0.0769. The quantitative estimate of drug-likeness (QED) is 0.162. The van der Waals surface area contributed by atoms with E-state index in [0.717, 1.165) is 68.0 Å². The van der Waals surface area contributed by atoms with Gasteiger partial charge in [0.1, 0.15) is 11.6 Å². The van der Waals surface area contributed by atoms with Gasteiger partial charge in [-0.2, -0.15) is 31.6 Å². The zero-order chi connectivity index (χ0) is 43.1. The van der Waals surface area contributed by atoms with Crippen LogP contribution in [-0.2, 0) is 12.4 Å². The van der Waals surface area contributed by atoms with Crippen LogP contribution >= 0.6 is 0 Å². The number of hydrogen-bond donors (Lipinski definition) is 0. The van der Waals surface area contributed by atoms with E-state index in [1.54, 1.807) is 38.4 Å². The molecule has 4 nitrogen and oxygen atoms in total. The summed E-state index contributed by atoms with van der Waals surface area (Å²) in [6.45, 7) is 3.27. The third kappa shape index (κ3) is 6.45. The second-order valence-corrected chi connectivity index (χ2v) is 15.6. The van der Waals surface area contributed by atoms with Gasteiger partial charge in [-0.3, -0.25) is 4.98 Å². The lowest BCUT2D eigenvalue weighted by atomic mass is 9.98. The molecule has 10 heteroatoms. The molecule has 10 aromatic rings. The molecule has 0 amide bonds. The highest BCUT2D eigenvalue weighted by atomic mass is 19.4. The van der Waals surface area contributed by atoms with E-state index in [-0.39, 0.29) is 0 Å². The van der Waals surface area contributed by atoms with Crippen LogP contribution in [0.2, 0.25) is 0 Å². The molecule has 0 radical (unpaired) electrons. The highest BCUT2D eigenvalue weighted by Gasteiger charge is 2.32. The zero-order valence-corrected chi connectivity index (χ0v) is 33.1. The summed E-state index contributed by atoms with van der Waals surface area (Å²) in [7, 11) is 0. The Morgan fingerprint density at radius 2 is 0.855 bits per heavy atom. The van der Waals surface area contributed by atoms with Crippen molar-refractivity contribution in [2.24, 2.45) is 0 Å². The monoisotopic (exact) mass is 826 g/mol.